The molecule has 188 valence electrons. The molecule has 0 aromatic carbocycles. The fourth-order valence-corrected chi connectivity index (χ4v) is 6.04. The van der Waals surface area contributed by atoms with Crippen LogP contribution < -0.4 is 15.6 Å². The SMILES string of the molecule is CCOc1nc(N)nc2c1ncn2[C@@H]1O[C@@H]2CO[P@](=O)(N[C@H](C)C(=O)OC(C)C)O[C@H]2[C@@]1(C)Cl. The third-order valence-corrected chi connectivity index (χ3v) is 7.44. The number of nitrogens with one attached hydrogen (secondary N) is 1. The number of carbonyl (C=O) groups is 1. The maximum absolute atomic E-state index is 13.3. The lowest BCUT2D eigenvalue weighted by Gasteiger charge is -2.36. The zero-order valence-electron chi connectivity index (χ0n) is 19.4. The highest BCUT2D eigenvalue weighted by Gasteiger charge is 2.60. The number of nitrogens with zero attached hydrogens (tertiary/aromatic N) is 4. The van der Waals surface area contributed by atoms with Crippen LogP contribution in [0.1, 0.15) is 40.8 Å². The highest BCUT2D eigenvalue weighted by atomic mass is 35.5. The van der Waals surface area contributed by atoms with E-state index in [9.17, 15) is 9.36 Å². The first-order valence-corrected chi connectivity index (χ1v) is 12.8. The molecule has 2 aliphatic heterocycles. The molecule has 0 amide bonds. The smallest absolute Gasteiger partial charge is 0.406 e. The van der Waals surface area contributed by atoms with Gasteiger partial charge in [-0.3, -0.25) is 18.4 Å². The van der Waals surface area contributed by atoms with Crippen LogP contribution in [0, 0.1) is 0 Å². The van der Waals surface area contributed by atoms with Crippen molar-refractivity contribution in [2.75, 3.05) is 18.9 Å². The zero-order valence-corrected chi connectivity index (χ0v) is 21.1. The first-order valence-electron chi connectivity index (χ1n) is 10.8. The van der Waals surface area contributed by atoms with E-state index >= 15 is 0 Å². The van der Waals surface area contributed by atoms with Gasteiger partial charge in [0.15, 0.2) is 17.4 Å². The molecule has 2 aliphatic rings. The number of alkyl halides is 1. The van der Waals surface area contributed by atoms with E-state index < -0.39 is 43.1 Å². The number of hydrogen-bond donors (Lipinski definition) is 2. The largest absolute Gasteiger partial charge is 0.476 e. The Morgan fingerprint density at radius 3 is 2.85 bits per heavy atom. The minimum Gasteiger partial charge on any atom is -0.476 e. The number of ether oxygens (including phenoxy) is 3. The van der Waals surface area contributed by atoms with E-state index in [0.29, 0.717) is 17.8 Å². The van der Waals surface area contributed by atoms with Gasteiger partial charge in [0.1, 0.15) is 23.1 Å². The molecule has 0 bridgehead atoms. The number of fused-ring (bicyclic) bond motifs is 2. The number of anilines is 1. The summed E-state index contributed by atoms with van der Waals surface area (Å²) in [6.07, 6.45) is -1.14. The topological polar surface area (TPSA) is 162 Å². The molecule has 0 unspecified atom stereocenters. The van der Waals surface area contributed by atoms with Crippen LogP contribution in [-0.2, 0) is 27.9 Å². The molecule has 34 heavy (non-hydrogen) atoms. The van der Waals surface area contributed by atoms with E-state index in [2.05, 4.69) is 20.0 Å². The fraction of sp³-hybridized carbons (Fsp3) is 0.684. The molecule has 4 rings (SSSR count). The second-order valence-corrected chi connectivity index (χ2v) is 11.0. The molecular formula is C19H28ClN6O7P. The summed E-state index contributed by atoms with van der Waals surface area (Å²) < 4.78 is 42.9. The van der Waals surface area contributed by atoms with Crippen LogP contribution in [-0.4, -0.2) is 67.9 Å². The van der Waals surface area contributed by atoms with Crippen LogP contribution in [0.4, 0.5) is 5.95 Å². The van der Waals surface area contributed by atoms with Gasteiger partial charge in [-0.15, -0.1) is 11.6 Å². The van der Waals surface area contributed by atoms with Crippen molar-refractivity contribution in [3.8, 4) is 5.88 Å². The molecule has 2 aromatic rings. The summed E-state index contributed by atoms with van der Waals surface area (Å²) in [4.78, 5) is 23.6. The number of nitrogen functional groups attached to an aromatic ring is 1. The van der Waals surface area contributed by atoms with Crippen molar-refractivity contribution in [2.24, 2.45) is 0 Å². The molecule has 13 nitrogen and oxygen atoms in total. The average molecular weight is 519 g/mol. The molecule has 3 N–H and O–H groups in total. The maximum atomic E-state index is 13.3. The van der Waals surface area contributed by atoms with Crippen LogP contribution >= 0.6 is 19.3 Å². The van der Waals surface area contributed by atoms with Crippen LogP contribution in [0.2, 0.25) is 0 Å². The zero-order chi connectivity index (χ0) is 24.8. The van der Waals surface area contributed by atoms with Crippen molar-refractivity contribution in [2.45, 2.75) is 70.1 Å². The summed E-state index contributed by atoms with van der Waals surface area (Å²) in [6, 6.07) is -0.932. The minimum atomic E-state index is -3.90. The lowest BCUT2D eigenvalue weighted by atomic mass is 10.0. The van der Waals surface area contributed by atoms with E-state index in [1.165, 1.54) is 13.3 Å². The second-order valence-electron chi connectivity index (χ2n) is 8.48. The number of esters is 1. The summed E-state index contributed by atoms with van der Waals surface area (Å²) in [5, 5.41) is 2.61. The highest BCUT2D eigenvalue weighted by molar-refractivity contribution is 7.51. The average Bonchev–Trinajstić information content (AvgIpc) is 3.25. The van der Waals surface area contributed by atoms with Gasteiger partial charge < -0.3 is 19.9 Å². The van der Waals surface area contributed by atoms with Gasteiger partial charge in [0, 0.05) is 0 Å². The van der Waals surface area contributed by atoms with Crippen molar-refractivity contribution < 1.29 is 32.6 Å². The summed E-state index contributed by atoms with van der Waals surface area (Å²) in [6.45, 7) is 8.74. The van der Waals surface area contributed by atoms with E-state index in [1.807, 2.05) is 6.92 Å². The summed E-state index contributed by atoms with van der Waals surface area (Å²) >= 11 is 6.93. The Bertz CT molecular complexity index is 1130. The van der Waals surface area contributed by atoms with Crippen molar-refractivity contribution in [1.29, 1.82) is 0 Å². The molecule has 15 heteroatoms. The molecule has 0 saturated carbocycles. The van der Waals surface area contributed by atoms with Crippen LogP contribution in [0.3, 0.4) is 0 Å². The first-order chi connectivity index (χ1) is 15.9. The molecule has 0 aliphatic carbocycles. The molecule has 0 radical (unpaired) electrons. The Balaban J connectivity index is 1.58. The van der Waals surface area contributed by atoms with Crippen molar-refractivity contribution in [3.05, 3.63) is 6.33 Å². The van der Waals surface area contributed by atoms with E-state index in [0.717, 1.165) is 0 Å². The predicted octanol–water partition coefficient (Wildman–Crippen LogP) is 2.16. The Morgan fingerprint density at radius 2 is 2.18 bits per heavy atom. The second kappa shape index (κ2) is 9.21. The van der Waals surface area contributed by atoms with E-state index in [-0.39, 0.29) is 24.5 Å². The predicted molar refractivity (Wildman–Crippen MR) is 121 cm³/mol. The fourth-order valence-electron chi connectivity index (χ4n) is 3.87. The number of nitrogens with two attached hydrogens (primary N) is 1. The molecule has 2 fully saturated rings. The van der Waals surface area contributed by atoms with Gasteiger partial charge in [0.05, 0.1) is 25.6 Å². The maximum Gasteiger partial charge on any atom is 0.406 e. The van der Waals surface area contributed by atoms with Crippen molar-refractivity contribution >= 4 is 42.4 Å². The molecular weight excluding hydrogens is 491 g/mol. The van der Waals surface area contributed by atoms with E-state index in [4.69, 9.17) is 40.6 Å². The molecule has 2 aromatic heterocycles. The van der Waals surface area contributed by atoms with Crippen LogP contribution in [0.25, 0.3) is 11.2 Å². The summed E-state index contributed by atoms with van der Waals surface area (Å²) in [5.74, 6) is -0.341. The number of hydrogen-bond acceptors (Lipinski definition) is 11. The standard InChI is InChI=1S/C19H28ClN6O7P/c1-6-29-15-12-14(23-18(21)24-15)26(8-22-12)17-19(5,20)13-11(32-17)7-30-34(28,33-13)25-10(4)16(27)31-9(2)3/h8-11,13,17H,6-7H2,1-5H3,(H,25,28)(H2,21,23,24)/t10-,11-,13-,17-,19-,34-/m1/s1. The Morgan fingerprint density at radius 1 is 1.44 bits per heavy atom. The number of aromatic nitrogens is 4. The third kappa shape index (κ3) is 4.60. The van der Waals surface area contributed by atoms with Gasteiger partial charge in [-0.05, 0) is 34.6 Å². The Hall–Kier alpha value is -2.02. The lowest BCUT2D eigenvalue weighted by molar-refractivity contribution is -0.149. The molecule has 4 heterocycles. The van der Waals surface area contributed by atoms with E-state index in [1.54, 1.807) is 25.3 Å². The monoisotopic (exact) mass is 518 g/mol. The van der Waals surface area contributed by atoms with Crippen LogP contribution in [0.15, 0.2) is 6.33 Å². The van der Waals surface area contributed by atoms with Gasteiger partial charge in [0.2, 0.25) is 11.8 Å². The van der Waals surface area contributed by atoms with Gasteiger partial charge in [-0.1, -0.05) is 0 Å². The minimum absolute atomic E-state index is 0.0000513. The third-order valence-electron chi connectivity index (χ3n) is 5.34. The van der Waals surface area contributed by atoms with Crippen molar-refractivity contribution in [3.63, 3.8) is 0 Å². The molecule has 0 spiro atoms. The van der Waals surface area contributed by atoms with Crippen LogP contribution in [0.5, 0.6) is 5.88 Å². The van der Waals surface area contributed by atoms with Gasteiger partial charge >= 0.3 is 13.7 Å². The Kier molecular flexibility index (Phi) is 6.80. The number of halogens is 1. The Labute approximate surface area is 201 Å². The first kappa shape index (κ1) is 25.1. The molecule has 2 saturated heterocycles. The lowest BCUT2D eigenvalue weighted by Crippen LogP contribution is -2.47. The van der Waals surface area contributed by atoms with Crippen molar-refractivity contribution in [1.82, 2.24) is 24.6 Å². The number of rotatable bonds is 7. The van der Waals surface area contributed by atoms with Gasteiger partial charge in [-0.25, -0.2) is 14.6 Å². The summed E-state index contributed by atoms with van der Waals surface area (Å²) in [7, 11) is -3.90. The number of imidazole rings is 1. The molecule has 6 atom stereocenters. The van der Waals surface area contributed by atoms with Gasteiger partial charge in [-0.2, -0.15) is 9.97 Å². The number of carbonyl (C=O) groups excluding carboxylic acids is 1. The highest BCUT2D eigenvalue weighted by Crippen LogP contribution is 2.57. The van der Waals surface area contributed by atoms with Gasteiger partial charge in [0.25, 0.3) is 0 Å². The normalized spacial score (nSPS) is 32.0. The summed E-state index contributed by atoms with van der Waals surface area (Å²) in [5.41, 5.74) is 6.61. The quantitative estimate of drug-likeness (QED) is 0.312.